The van der Waals surface area contributed by atoms with E-state index in [0.29, 0.717) is 18.4 Å². The summed E-state index contributed by atoms with van der Waals surface area (Å²) < 4.78 is 71.6. The maximum absolute atomic E-state index is 13.1. The number of hydrogen-bond acceptors (Lipinski definition) is 4. The molecule has 2 rings (SSSR count). The van der Waals surface area contributed by atoms with E-state index >= 15 is 0 Å². The van der Waals surface area contributed by atoms with Crippen molar-refractivity contribution < 1.29 is 31.1 Å². The van der Waals surface area contributed by atoms with Crippen molar-refractivity contribution in [2.45, 2.75) is 31.0 Å². The fourth-order valence-electron chi connectivity index (χ4n) is 2.34. The van der Waals surface area contributed by atoms with Crippen LogP contribution in [0.5, 0.6) is 5.75 Å². The molecule has 29 heavy (non-hydrogen) atoms. The Balaban J connectivity index is 2.15. The molecule has 0 aliphatic heterocycles. The number of sulfonamides is 1. The third-order valence-corrected chi connectivity index (χ3v) is 5.51. The molecule has 2 N–H and O–H groups in total. The number of hydrogen-bond donors (Lipinski definition) is 2. The molecule has 0 saturated carbocycles. The molecule has 2 aromatic rings. The van der Waals surface area contributed by atoms with E-state index in [4.69, 9.17) is 16.3 Å². The quantitative estimate of drug-likeness (QED) is 0.666. The monoisotopic (exact) mass is 450 g/mol. The van der Waals surface area contributed by atoms with Gasteiger partial charge in [0.05, 0.1) is 28.8 Å². The second-order valence-electron chi connectivity index (χ2n) is 5.92. The van der Waals surface area contributed by atoms with Gasteiger partial charge in [-0.15, -0.1) is 0 Å². The Labute approximate surface area is 171 Å². The lowest BCUT2D eigenvalue weighted by Gasteiger charge is -2.18. The normalized spacial score (nSPS) is 13.0. The SMILES string of the molecule is CCOc1ccc(S(=O)(=O)N[C@@H](C)C(=O)Nc2ccc(Cl)cc2C(F)(F)F)cc1. The van der Waals surface area contributed by atoms with Gasteiger partial charge in [-0.1, -0.05) is 11.6 Å². The fourth-order valence-corrected chi connectivity index (χ4v) is 3.71. The van der Waals surface area contributed by atoms with Crippen molar-refractivity contribution >= 4 is 33.2 Å². The fraction of sp³-hybridized carbons (Fsp3) is 0.278. The number of rotatable bonds is 7. The van der Waals surface area contributed by atoms with E-state index < -0.39 is 39.4 Å². The minimum Gasteiger partial charge on any atom is -0.494 e. The minimum atomic E-state index is -4.75. The highest BCUT2D eigenvalue weighted by Gasteiger charge is 2.34. The Kier molecular flexibility index (Phi) is 7.15. The van der Waals surface area contributed by atoms with Crippen molar-refractivity contribution in [3.05, 3.63) is 53.1 Å². The first kappa shape index (κ1) is 23.0. The number of halogens is 4. The minimum absolute atomic E-state index is 0.122. The van der Waals surface area contributed by atoms with Crippen molar-refractivity contribution in [3.8, 4) is 5.75 Å². The summed E-state index contributed by atoms with van der Waals surface area (Å²) in [5, 5.41) is 1.93. The Morgan fingerprint density at radius 1 is 1.17 bits per heavy atom. The van der Waals surface area contributed by atoms with Crippen molar-refractivity contribution in [2.75, 3.05) is 11.9 Å². The topological polar surface area (TPSA) is 84.5 Å². The van der Waals surface area contributed by atoms with Crippen LogP contribution in [-0.2, 0) is 21.0 Å². The van der Waals surface area contributed by atoms with E-state index in [1.165, 1.54) is 37.3 Å². The molecule has 2 aromatic carbocycles. The van der Waals surface area contributed by atoms with Crippen LogP contribution in [-0.4, -0.2) is 27.0 Å². The summed E-state index contributed by atoms with van der Waals surface area (Å²) in [6.07, 6.45) is -4.75. The first-order valence-electron chi connectivity index (χ1n) is 8.37. The van der Waals surface area contributed by atoms with Crippen LogP contribution in [0.1, 0.15) is 19.4 Å². The number of amides is 1. The standard InChI is InChI=1S/C18H18ClF3N2O4S/c1-3-28-13-5-7-14(8-6-13)29(26,27)24-11(2)17(25)23-16-9-4-12(19)10-15(16)18(20,21)22/h4-11,24H,3H2,1-2H3,(H,23,25)/t11-/m0/s1. The van der Waals surface area contributed by atoms with Crippen molar-refractivity contribution in [1.29, 1.82) is 0 Å². The predicted molar refractivity (Wildman–Crippen MR) is 102 cm³/mol. The van der Waals surface area contributed by atoms with Gasteiger partial charge in [-0.25, -0.2) is 8.42 Å². The Morgan fingerprint density at radius 2 is 1.79 bits per heavy atom. The molecule has 0 saturated heterocycles. The second-order valence-corrected chi connectivity index (χ2v) is 8.07. The zero-order chi connectivity index (χ0) is 21.8. The molecule has 6 nitrogen and oxygen atoms in total. The van der Waals surface area contributed by atoms with Gasteiger partial charge in [0.25, 0.3) is 0 Å². The summed E-state index contributed by atoms with van der Waals surface area (Å²) >= 11 is 5.59. The van der Waals surface area contributed by atoms with Crippen molar-refractivity contribution in [1.82, 2.24) is 4.72 Å². The molecule has 0 spiro atoms. The molecule has 0 radical (unpaired) electrons. The molecule has 0 aliphatic rings. The van der Waals surface area contributed by atoms with E-state index in [1.54, 1.807) is 6.92 Å². The molecule has 0 fully saturated rings. The number of ether oxygens (including phenoxy) is 1. The molecular weight excluding hydrogens is 433 g/mol. The van der Waals surface area contributed by atoms with Gasteiger partial charge in [-0.05, 0) is 56.3 Å². The van der Waals surface area contributed by atoms with Gasteiger partial charge in [-0.3, -0.25) is 4.79 Å². The summed E-state index contributed by atoms with van der Waals surface area (Å²) in [6.45, 7) is 3.40. The highest BCUT2D eigenvalue weighted by Crippen LogP contribution is 2.36. The molecule has 1 amide bonds. The highest BCUT2D eigenvalue weighted by atomic mass is 35.5. The number of anilines is 1. The third kappa shape index (κ3) is 6.09. The maximum atomic E-state index is 13.1. The highest BCUT2D eigenvalue weighted by molar-refractivity contribution is 7.89. The summed E-state index contributed by atoms with van der Waals surface area (Å²) in [7, 11) is -4.08. The molecule has 0 heterocycles. The Morgan fingerprint density at radius 3 is 2.34 bits per heavy atom. The lowest BCUT2D eigenvalue weighted by molar-refractivity contribution is -0.137. The number of benzene rings is 2. The number of carbonyl (C=O) groups is 1. The van der Waals surface area contributed by atoms with Gasteiger partial charge in [0.2, 0.25) is 15.9 Å². The van der Waals surface area contributed by atoms with Crippen molar-refractivity contribution in [2.24, 2.45) is 0 Å². The lowest BCUT2D eigenvalue weighted by atomic mass is 10.1. The van der Waals surface area contributed by atoms with Crippen LogP contribution in [0, 0.1) is 0 Å². The zero-order valence-electron chi connectivity index (χ0n) is 15.4. The molecule has 158 valence electrons. The molecular formula is C18H18ClF3N2O4S. The molecule has 11 heteroatoms. The molecule has 1 atom stereocenters. The number of carbonyl (C=O) groups excluding carboxylic acids is 1. The van der Waals surface area contributed by atoms with E-state index in [1.807, 2.05) is 0 Å². The van der Waals surface area contributed by atoms with Gasteiger partial charge < -0.3 is 10.1 Å². The first-order chi connectivity index (χ1) is 13.4. The van der Waals surface area contributed by atoms with Crippen LogP contribution in [0.15, 0.2) is 47.4 Å². The van der Waals surface area contributed by atoms with Crippen LogP contribution in [0.3, 0.4) is 0 Å². The lowest BCUT2D eigenvalue weighted by Crippen LogP contribution is -2.41. The van der Waals surface area contributed by atoms with Gasteiger partial charge in [0.15, 0.2) is 0 Å². The molecule has 0 aromatic heterocycles. The Hall–Kier alpha value is -2.30. The summed E-state index contributed by atoms with van der Waals surface area (Å²) in [5.74, 6) is -0.494. The molecule has 0 aliphatic carbocycles. The smallest absolute Gasteiger partial charge is 0.418 e. The van der Waals surface area contributed by atoms with E-state index in [0.717, 1.165) is 6.07 Å². The van der Waals surface area contributed by atoms with Gasteiger partial charge >= 0.3 is 6.18 Å². The van der Waals surface area contributed by atoms with Gasteiger partial charge in [0, 0.05) is 5.02 Å². The number of nitrogens with one attached hydrogen (secondary N) is 2. The molecule has 0 unspecified atom stereocenters. The van der Waals surface area contributed by atoms with Crippen LogP contribution >= 0.6 is 11.6 Å². The average Bonchev–Trinajstić information content (AvgIpc) is 2.62. The van der Waals surface area contributed by atoms with Crippen LogP contribution in [0.2, 0.25) is 5.02 Å². The van der Waals surface area contributed by atoms with Gasteiger partial charge in [0.1, 0.15) is 5.75 Å². The summed E-state index contributed by atoms with van der Waals surface area (Å²) in [6, 6.07) is 6.99. The predicted octanol–water partition coefficient (Wildman–Crippen LogP) is 4.06. The second kappa shape index (κ2) is 9.02. The largest absolute Gasteiger partial charge is 0.494 e. The van der Waals surface area contributed by atoms with E-state index in [2.05, 4.69) is 10.0 Å². The van der Waals surface area contributed by atoms with Gasteiger partial charge in [-0.2, -0.15) is 17.9 Å². The number of alkyl halides is 3. The zero-order valence-corrected chi connectivity index (χ0v) is 17.0. The van der Waals surface area contributed by atoms with Crippen LogP contribution in [0.25, 0.3) is 0 Å². The molecule has 0 bridgehead atoms. The van der Waals surface area contributed by atoms with Crippen LogP contribution < -0.4 is 14.8 Å². The third-order valence-electron chi connectivity index (χ3n) is 3.72. The maximum Gasteiger partial charge on any atom is 0.418 e. The average molecular weight is 451 g/mol. The first-order valence-corrected chi connectivity index (χ1v) is 10.2. The van der Waals surface area contributed by atoms with Crippen molar-refractivity contribution in [3.63, 3.8) is 0 Å². The van der Waals surface area contributed by atoms with Crippen LogP contribution in [0.4, 0.5) is 18.9 Å². The summed E-state index contributed by atoms with van der Waals surface area (Å²) in [4.78, 5) is 12.1. The van der Waals surface area contributed by atoms with E-state index in [-0.39, 0.29) is 9.92 Å². The van der Waals surface area contributed by atoms with E-state index in [9.17, 15) is 26.4 Å². The summed E-state index contributed by atoms with van der Waals surface area (Å²) in [5.41, 5.74) is -1.67. The Bertz CT molecular complexity index is 980.